The molecule has 1 aliphatic rings. The topological polar surface area (TPSA) is 118 Å². The van der Waals surface area contributed by atoms with Gasteiger partial charge < -0.3 is 24.6 Å². The monoisotopic (exact) mass is 589 g/mol. The first-order chi connectivity index (χ1) is 20.6. The number of rotatable bonds is 9. The number of nitrogens with zero attached hydrogens (tertiary/aromatic N) is 2. The Labute approximate surface area is 252 Å². The summed E-state index contributed by atoms with van der Waals surface area (Å²) >= 11 is 0. The van der Waals surface area contributed by atoms with Crippen LogP contribution >= 0.6 is 0 Å². The minimum absolute atomic E-state index is 0.00122. The van der Waals surface area contributed by atoms with Gasteiger partial charge in [-0.3, -0.25) is 0 Å². The van der Waals surface area contributed by atoms with E-state index < -0.39 is 29.9 Å². The van der Waals surface area contributed by atoms with Crippen molar-refractivity contribution in [2.75, 3.05) is 26.8 Å². The second-order valence-corrected chi connectivity index (χ2v) is 11.3. The molecule has 0 fully saturated rings. The smallest absolute Gasteiger partial charge is 0.429 e. The SMILES string of the molecule is CN(C(=O)OCc1ccccc1)N(C[C@@H](CCO)NC(=O)OC(C)(C)C)C(=O)OCC1c2ccccc2-c2ccccc21. The van der Waals surface area contributed by atoms with Gasteiger partial charge in [0.25, 0.3) is 0 Å². The van der Waals surface area contributed by atoms with Gasteiger partial charge in [0.15, 0.2) is 0 Å². The molecule has 4 rings (SSSR count). The Balaban J connectivity index is 1.52. The number of benzene rings is 3. The van der Waals surface area contributed by atoms with Crippen molar-refractivity contribution in [1.82, 2.24) is 15.3 Å². The van der Waals surface area contributed by atoms with Crippen LogP contribution in [0.15, 0.2) is 78.9 Å². The molecule has 0 bridgehead atoms. The standard InChI is InChI=1S/C33H39N3O7/c1-33(2,3)43-30(38)34-24(18-19-37)20-36(35(4)31(39)41-21-23-12-6-5-7-13-23)32(40)42-22-29-27-16-10-8-14-25(27)26-15-9-11-17-28(26)29/h5-17,24,29,37H,18-22H2,1-4H3,(H,34,38)/t24-/m1/s1. The van der Waals surface area contributed by atoms with Crippen LogP contribution in [-0.4, -0.2) is 71.9 Å². The van der Waals surface area contributed by atoms with E-state index in [-0.39, 0.29) is 38.7 Å². The maximum atomic E-state index is 13.6. The van der Waals surface area contributed by atoms with Gasteiger partial charge in [0, 0.05) is 19.6 Å². The maximum Gasteiger partial charge on any atom is 0.429 e. The molecule has 1 aliphatic carbocycles. The van der Waals surface area contributed by atoms with Crippen molar-refractivity contribution in [3.8, 4) is 11.1 Å². The minimum Gasteiger partial charge on any atom is -0.447 e. The number of alkyl carbamates (subject to hydrolysis) is 1. The largest absolute Gasteiger partial charge is 0.447 e. The van der Waals surface area contributed by atoms with Gasteiger partial charge in [-0.05, 0) is 55.0 Å². The van der Waals surface area contributed by atoms with Crippen molar-refractivity contribution in [3.63, 3.8) is 0 Å². The van der Waals surface area contributed by atoms with Crippen LogP contribution in [0.3, 0.4) is 0 Å². The fraction of sp³-hybridized carbons (Fsp3) is 0.364. The van der Waals surface area contributed by atoms with Gasteiger partial charge in [-0.25, -0.2) is 24.4 Å². The molecule has 10 nitrogen and oxygen atoms in total. The predicted octanol–water partition coefficient (Wildman–Crippen LogP) is 5.70. The molecule has 0 radical (unpaired) electrons. The Morgan fingerprint density at radius 1 is 0.860 bits per heavy atom. The van der Waals surface area contributed by atoms with Crippen molar-refractivity contribution in [1.29, 1.82) is 0 Å². The Kier molecular flexibility index (Phi) is 10.3. The highest BCUT2D eigenvalue weighted by Gasteiger charge is 2.33. The summed E-state index contributed by atoms with van der Waals surface area (Å²) in [5, 5.41) is 14.5. The lowest BCUT2D eigenvalue weighted by molar-refractivity contribution is -0.0171. The first-order valence-electron chi connectivity index (χ1n) is 14.2. The number of nitrogens with one attached hydrogen (secondary N) is 1. The number of carbonyl (C=O) groups excluding carboxylic acids is 3. The molecule has 0 aliphatic heterocycles. The molecule has 1 atom stereocenters. The number of aliphatic hydroxyl groups excluding tert-OH is 1. The third kappa shape index (κ3) is 8.26. The van der Waals surface area contributed by atoms with Gasteiger partial charge >= 0.3 is 18.3 Å². The molecular formula is C33H39N3O7. The number of hydrazine groups is 1. The summed E-state index contributed by atoms with van der Waals surface area (Å²) in [4.78, 5) is 39.3. The second kappa shape index (κ2) is 14.1. The van der Waals surface area contributed by atoms with Crippen molar-refractivity contribution in [2.45, 2.75) is 51.4 Å². The second-order valence-electron chi connectivity index (χ2n) is 11.3. The zero-order chi connectivity index (χ0) is 31.0. The van der Waals surface area contributed by atoms with Crippen LogP contribution in [0.25, 0.3) is 11.1 Å². The number of hydrogen-bond donors (Lipinski definition) is 2. The highest BCUT2D eigenvalue weighted by atomic mass is 16.6. The van der Waals surface area contributed by atoms with E-state index in [1.165, 1.54) is 7.05 Å². The summed E-state index contributed by atoms with van der Waals surface area (Å²) in [5.74, 6) is -0.193. The summed E-state index contributed by atoms with van der Waals surface area (Å²) in [7, 11) is 1.39. The quantitative estimate of drug-likeness (QED) is 0.243. The van der Waals surface area contributed by atoms with Crippen LogP contribution in [-0.2, 0) is 20.8 Å². The Hall–Kier alpha value is -4.57. The third-order valence-corrected chi connectivity index (χ3v) is 6.97. The fourth-order valence-corrected chi connectivity index (χ4v) is 4.95. The molecule has 43 heavy (non-hydrogen) atoms. The molecule has 3 aromatic rings. The van der Waals surface area contributed by atoms with Crippen molar-refractivity contribution < 1.29 is 33.7 Å². The Bertz CT molecular complexity index is 1360. The molecule has 0 saturated heterocycles. The number of ether oxygens (including phenoxy) is 3. The number of fused-ring (bicyclic) bond motifs is 3. The van der Waals surface area contributed by atoms with E-state index in [1.807, 2.05) is 78.9 Å². The number of carbonyl (C=O) groups is 3. The highest BCUT2D eigenvalue weighted by molar-refractivity contribution is 5.79. The first kappa shape index (κ1) is 31.4. The van der Waals surface area contributed by atoms with Gasteiger partial charge in [0.05, 0.1) is 12.6 Å². The summed E-state index contributed by atoms with van der Waals surface area (Å²) in [6, 6.07) is 24.4. The molecule has 0 aromatic heterocycles. The summed E-state index contributed by atoms with van der Waals surface area (Å²) < 4.78 is 16.7. The lowest BCUT2D eigenvalue weighted by Gasteiger charge is -2.33. The van der Waals surface area contributed by atoms with Crippen molar-refractivity contribution >= 4 is 18.3 Å². The maximum absolute atomic E-state index is 13.6. The van der Waals surface area contributed by atoms with Gasteiger partial charge in [0.2, 0.25) is 0 Å². The molecule has 228 valence electrons. The van der Waals surface area contributed by atoms with Crippen LogP contribution in [0, 0.1) is 0 Å². The zero-order valence-electron chi connectivity index (χ0n) is 25.0. The third-order valence-electron chi connectivity index (χ3n) is 6.97. The van der Waals surface area contributed by atoms with Crippen LogP contribution in [0.2, 0.25) is 0 Å². The van der Waals surface area contributed by atoms with Gasteiger partial charge in [-0.15, -0.1) is 0 Å². The minimum atomic E-state index is -0.810. The Morgan fingerprint density at radius 3 is 2.02 bits per heavy atom. The summed E-state index contributed by atoms with van der Waals surface area (Å²) in [6.07, 6.45) is -2.22. The molecule has 10 heteroatoms. The molecule has 0 spiro atoms. The van der Waals surface area contributed by atoms with Gasteiger partial charge in [0.1, 0.15) is 18.8 Å². The van der Waals surface area contributed by atoms with Gasteiger partial charge in [-0.2, -0.15) is 0 Å². The lowest BCUT2D eigenvalue weighted by Crippen LogP contribution is -2.54. The van der Waals surface area contributed by atoms with Gasteiger partial charge in [-0.1, -0.05) is 78.9 Å². The average Bonchev–Trinajstić information content (AvgIpc) is 3.30. The molecule has 0 heterocycles. The fourth-order valence-electron chi connectivity index (χ4n) is 4.95. The van der Waals surface area contributed by atoms with Crippen LogP contribution in [0.5, 0.6) is 0 Å². The van der Waals surface area contributed by atoms with E-state index in [9.17, 15) is 19.5 Å². The number of amides is 3. The summed E-state index contributed by atoms with van der Waals surface area (Å²) in [6.45, 7) is 4.75. The van der Waals surface area contributed by atoms with Crippen molar-refractivity contribution in [3.05, 3.63) is 95.6 Å². The van der Waals surface area contributed by atoms with E-state index in [1.54, 1.807) is 20.8 Å². The number of aliphatic hydroxyl groups is 1. The normalized spacial score (nSPS) is 12.9. The summed E-state index contributed by atoms with van der Waals surface area (Å²) in [5.41, 5.74) is 4.29. The number of hydrogen-bond acceptors (Lipinski definition) is 7. The van der Waals surface area contributed by atoms with Crippen LogP contribution in [0.4, 0.5) is 14.4 Å². The zero-order valence-corrected chi connectivity index (χ0v) is 25.0. The van der Waals surface area contributed by atoms with Crippen LogP contribution < -0.4 is 5.32 Å². The molecule has 3 amide bonds. The van der Waals surface area contributed by atoms with Crippen LogP contribution in [0.1, 0.15) is 49.8 Å². The highest BCUT2D eigenvalue weighted by Crippen LogP contribution is 2.44. The van der Waals surface area contributed by atoms with E-state index in [0.29, 0.717) is 0 Å². The van der Waals surface area contributed by atoms with E-state index in [4.69, 9.17) is 14.2 Å². The van der Waals surface area contributed by atoms with E-state index in [2.05, 4.69) is 5.32 Å². The molecule has 0 saturated carbocycles. The molecular weight excluding hydrogens is 550 g/mol. The van der Waals surface area contributed by atoms with E-state index in [0.717, 1.165) is 37.8 Å². The molecule has 0 unspecified atom stereocenters. The predicted molar refractivity (Wildman–Crippen MR) is 161 cm³/mol. The average molecular weight is 590 g/mol. The van der Waals surface area contributed by atoms with E-state index >= 15 is 0 Å². The molecule has 2 N–H and O–H groups in total. The Morgan fingerprint density at radius 2 is 1.44 bits per heavy atom. The van der Waals surface area contributed by atoms with Crippen molar-refractivity contribution in [2.24, 2.45) is 0 Å². The lowest BCUT2D eigenvalue weighted by atomic mass is 9.98. The molecule has 3 aromatic carbocycles. The first-order valence-corrected chi connectivity index (χ1v) is 14.2.